The van der Waals surface area contributed by atoms with Gasteiger partial charge in [0.2, 0.25) is 0 Å². The Morgan fingerprint density at radius 3 is 1.85 bits per heavy atom. The van der Waals surface area contributed by atoms with Crippen LogP contribution >= 0.6 is 0 Å². The van der Waals surface area contributed by atoms with E-state index in [4.69, 9.17) is 14.4 Å². The lowest BCUT2D eigenvalue weighted by Gasteiger charge is -2.12. The summed E-state index contributed by atoms with van der Waals surface area (Å²) in [6, 6.07) is 73.1. The molecule has 13 rings (SSSR count). The number of nitrogens with zero attached hydrogens (tertiary/aromatic N) is 4. The van der Waals surface area contributed by atoms with Crippen LogP contribution in [0, 0.1) is 0 Å². The van der Waals surface area contributed by atoms with E-state index in [9.17, 15) is 0 Å². The molecular weight excluding hydrogens is 745 g/mol. The standard InChI is InChI=1S/C56H34N4O/c1-3-14-35(15-4-1)38-18-13-19-40(34-38)59-46-24-11-8-21-42(46)52-48(59)31-30-44-51-47(32-33-50-53(51)43-22-9-12-25-49(43)61-50)60(55(44)52)39-28-26-37(27-29-39)56-57-45-23-10-7-20-41(45)54(58-56)36-16-5-2-6-17-36/h1-34H. The minimum Gasteiger partial charge on any atom is -0.456 e. The Balaban J connectivity index is 1.09. The number of aromatic nitrogens is 4. The van der Waals surface area contributed by atoms with Gasteiger partial charge in [0.25, 0.3) is 0 Å². The summed E-state index contributed by atoms with van der Waals surface area (Å²) in [5.74, 6) is 0.695. The maximum atomic E-state index is 6.50. The molecule has 5 heteroatoms. The quantitative estimate of drug-likeness (QED) is 0.175. The summed E-state index contributed by atoms with van der Waals surface area (Å²) in [6.45, 7) is 0. The molecule has 284 valence electrons. The first-order chi connectivity index (χ1) is 30.3. The van der Waals surface area contributed by atoms with E-state index in [1.54, 1.807) is 0 Å². The maximum absolute atomic E-state index is 6.50. The van der Waals surface area contributed by atoms with E-state index in [-0.39, 0.29) is 0 Å². The Morgan fingerprint density at radius 2 is 1.02 bits per heavy atom. The average molecular weight is 779 g/mol. The lowest BCUT2D eigenvalue weighted by molar-refractivity contribution is 0.669. The predicted octanol–water partition coefficient (Wildman–Crippen LogP) is 14.7. The first-order valence-corrected chi connectivity index (χ1v) is 20.7. The second kappa shape index (κ2) is 13.1. The van der Waals surface area contributed by atoms with Crippen LogP contribution in [-0.4, -0.2) is 19.1 Å². The number of benzene rings is 9. The number of hydrogen-bond acceptors (Lipinski definition) is 3. The van der Waals surface area contributed by atoms with Crippen LogP contribution in [-0.2, 0) is 0 Å². The van der Waals surface area contributed by atoms with Crippen molar-refractivity contribution < 1.29 is 4.42 Å². The van der Waals surface area contributed by atoms with Gasteiger partial charge in [-0.2, -0.15) is 0 Å². The van der Waals surface area contributed by atoms with Crippen molar-refractivity contribution in [2.24, 2.45) is 0 Å². The minimum absolute atomic E-state index is 0.695. The van der Waals surface area contributed by atoms with Crippen molar-refractivity contribution in [2.45, 2.75) is 0 Å². The van der Waals surface area contributed by atoms with Crippen LogP contribution in [0.2, 0.25) is 0 Å². The fraction of sp³-hybridized carbons (Fsp3) is 0. The van der Waals surface area contributed by atoms with Crippen LogP contribution in [0.15, 0.2) is 211 Å². The van der Waals surface area contributed by atoms with Gasteiger partial charge in [0, 0.05) is 60.2 Å². The lowest BCUT2D eigenvalue weighted by Crippen LogP contribution is -1.97. The molecule has 5 nitrogen and oxygen atoms in total. The molecule has 61 heavy (non-hydrogen) atoms. The smallest absolute Gasteiger partial charge is 0.160 e. The summed E-state index contributed by atoms with van der Waals surface area (Å²) >= 11 is 0. The second-order valence-corrected chi connectivity index (χ2v) is 15.7. The fourth-order valence-corrected chi connectivity index (χ4v) is 9.64. The molecule has 4 heterocycles. The predicted molar refractivity (Wildman–Crippen MR) is 252 cm³/mol. The minimum atomic E-state index is 0.695. The molecule has 13 aromatic rings. The summed E-state index contributed by atoms with van der Waals surface area (Å²) in [5, 5.41) is 8.02. The van der Waals surface area contributed by atoms with Gasteiger partial charge in [0.05, 0.1) is 33.3 Å². The molecular formula is C56H34N4O. The molecule has 0 spiro atoms. The van der Waals surface area contributed by atoms with Crippen molar-refractivity contribution in [1.29, 1.82) is 0 Å². The van der Waals surface area contributed by atoms with Gasteiger partial charge in [-0.25, -0.2) is 9.97 Å². The Bertz CT molecular complexity index is 3860. The molecule has 0 fully saturated rings. The third-order valence-corrected chi connectivity index (χ3v) is 12.3. The monoisotopic (exact) mass is 778 g/mol. The van der Waals surface area contributed by atoms with Gasteiger partial charge in [-0.1, -0.05) is 133 Å². The molecule has 0 bridgehead atoms. The second-order valence-electron chi connectivity index (χ2n) is 15.7. The molecule has 0 radical (unpaired) electrons. The molecule has 0 amide bonds. The highest BCUT2D eigenvalue weighted by Gasteiger charge is 2.24. The Morgan fingerprint density at radius 1 is 0.344 bits per heavy atom. The number of furan rings is 1. The summed E-state index contributed by atoms with van der Waals surface area (Å²) < 4.78 is 11.4. The summed E-state index contributed by atoms with van der Waals surface area (Å²) in [5.41, 5.74) is 14.7. The maximum Gasteiger partial charge on any atom is 0.160 e. The van der Waals surface area contributed by atoms with Crippen molar-refractivity contribution in [3.63, 3.8) is 0 Å². The molecule has 4 aromatic heterocycles. The van der Waals surface area contributed by atoms with Gasteiger partial charge in [-0.15, -0.1) is 0 Å². The zero-order valence-electron chi connectivity index (χ0n) is 32.8. The summed E-state index contributed by atoms with van der Waals surface area (Å²) in [6.07, 6.45) is 0. The zero-order chi connectivity index (χ0) is 40.0. The van der Waals surface area contributed by atoms with E-state index < -0.39 is 0 Å². The molecule has 0 aliphatic carbocycles. The normalized spacial score (nSPS) is 11.9. The van der Waals surface area contributed by atoms with Crippen LogP contribution in [0.3, 0.4) is 0 Å². The molecule has 0 aliphatic heterocycles. The highest BCUT2D eigenvalue weighted by molar-refractivity contribution is 6.33. The van der Waals surface area contributed by atoms with E-state index in [1.807, 2.05) is 18.2 Å². The number of para-hydroxylation sites is 3. The molecule has 9 aromatic carbocycles. The number of fused-ring (bicyclic) bond motifs is 12. The molecule has 0 saturated heterocycles. The van der Waals surface area contributed by atoms with Crippen LogP contribution in [0.1, 0.15) is 0 Å². The Hall–Kier alpha value is -8.28. The number of hydrogen-bond donors (Lipinski definition) is 0. The van der Waals surface area contributed by atoms with Gasteiger partial charge < -0.3 is 13.6 Å². The van der Waals surface area contributed by atoms with Crippen LogP contribution in [0.4, 0.5) is 0 Å². The van der Waals surface area contributed by atoms with Crippen LogP contribution < -0.4 is 0 Å². The molecule has 0 unspecified atom stereocenters. The van der Waals surface area contributed by atoms with Gasteiger partial charge in [0.15, 0.2) is 5.82 Å². The molecule has 0 atom stereocenters. The lowest BCUT2D eigenvalue weighted by atomic mass is 10.0. The van der Waals surface area contributed by atoms with Gasteiger partial charge >= 0.3 is 0 Å². The van der Waals surface area contributed by atoms with Crippen molar-refractivity contribution >= 4 is 76.5 Å². The number of rotatable bonds is 5. The average Bonchev–Trinajstić information content (AvgIpc) is 3.99. The SMILES string of the molecule is c1ccc(-c2cccc(-n3c4ccccc4c4c3ccc3c5c6c(ccc5n(-c5ccc(-c7nc(-c8ccccc8)c8ccccc8n7)cc5)c34)oc3ccccc36)c2)cc1. The zero-order valence-corrected chi connectivity index (χ0v) is 32.8. The first kappa shape index (κ1) is 33.7. The third-order valence-electron chi connectivity index (χ3n) is 12.3. The van der Waals surface area contributed by atoms with Gasteiger partial charge in [-0.05, 0) is 83.9 Å². The van der Waals surface area contributed by atoms with Gasteiger partial charge in [0.1, 0.15) is 11.2 Å². The summed E-state index contributed by atoms with van der Waals surface area (Å²) in [4.78, 5) is 10.3. The molecule has 0 saturated carbocycles. The molecule has 0 aliphatic rings. The van der Waals surface area contributed by atoms with Crippen LogP contribution in [0.25, 0.3) is 122 Å². The largest absolute Gasteiger partial charge is 0.456 e. The van der Waals surface area contributed by atoms with Gasteiger partial charge in [-0.3, -0.25) is 0 Å². The molecule has 0 N–H and O–H groups in total. The highest BCUT2D eigenvalue weighted by atomic mass is 16.3. The third kappa shape index (κ3) is 5.08. The Labute approximate surface area is 350 Å². The van der Waals surface area contributed by atoms with E-state index in [1.165, 1.54) is 32.7 Å². The first-order valence-electron chi connectivity index (χ1n) is 20.7. The van der Waals surface area contributed by atoms with E-state index in [0.717, 1.165) is 83.1 Å². The van der Waals surface area contributed by atoms with Crippen LogP contribution in [0.5, 0.6) is 0 Å². The topological polar surface area (TPSA) is 48.8 Å². The van der Waals surface area contributed by atoms with E-state index >= 15 is 0 Å². The van der Waals surface area contributed by atoms with Crippen molar-refractivity contribution in [2.75, 3.05) is 0 Å². The fourth-order valence-electron chi connectivity index (χ4n) is 9.64. The van der Waals surface area contributed by atoms with Crippen molar-refractivity contribution in [3.05, 3.63) is 206 Å². The van der Waals surface area contributed by atoms with Crippen molar-refractivity contribution in [3.8, 4) is 45.1 Å². The van der Waals surface area contributed by atoms with E-state index in [2.05, 4.69) is 197 Å². The van der Waals surface area contributed by atoms with E-state index in [0.29, 0.717) is 5.82 Å². The van der Waals surface area contributed by atoms with Crippen molar-refractivity contribution in [1.82, 2.24) is 19.1 Å². The Kier molecular flexibility index (Phi) is 7.24. The highest BCUT2D eigenvalue weighted by Crippen LogP contribution is 2.46. The summed E-state index contributed by atoms with van der Waals surface area (Å²) in [7, 11) is 0.